The van der Waals surface area contributed by atoms with E-state index in [1.807, 2.05) is 0 Å². The van der Waals surface area contributed by atoms with E-state index in [1.165, 1.54) is 50.5 Å². The molecule has 2 aromatic heterocycles. The number of fused-ring (bicyclic) bond motifs is 1. The van der Waals surface area contributed by atoms with Gasteiger partial charge >= 0.3 is 6.09 Å². The lowest BCUT2D eigenvalue weighted by molar-refractivity contribution is 0.120. The molecule has 1 aromatic carbocycles. The average molecular weight is 587 g/mol. The Balaban J connectivity index is 1.36. The number of hydrogen-bond acceptors (Lipinski definition) is 8. The van der Waals surface area contributed by atoms with Gasteiger partial charge < -0.3 is 19.6 Å². The third kappa shape index (κ3) is 5.78. The maximum Gasteiger partial charge on any atom is 0.427 e. The first-order valence-electron chi connectivity index (χ1n) is 16.5. The van der Waals surface area contributed by atoms with Gasteiger partial charge in [0.15, 0.2) is 23.5 Å². The number of hydrogen-bond donors (Lipinski definition) is 3. The molecule has 3 N–H and O–H groups in total. The van der Waals surface area contributed by atoms with Crippen LogP contribution in [0.3, 0.4) is 0 Å². The number of aromatic nitrogens is 4. The second kappa shape index (κ2) is 11.9. The Morgan fingerprint density at radius 2 is 1.79 bits per heavy atom. The maximum absolute atomic E-state index is 11.9. The van der Waals surface area contributed by atoms with Crippen molar-refractivity contribution in [1.82, 2.24) is 30.3 Å². The van der Waals surface area contributed by atoms with E-state index in [2.05, 4.69) is 76.7 Å². The van der Waals surface area contributed by atoms with Crippen molar-refractivity contribution in [3.05, 3.63) is 41.7 Å². The number of nitrogens with zero attached hydrogens (tertiary/aromatic N) is 5. The zero-order valence-electron chi connectivity index (χ0n) is 25.8. The van der Waals surface area contributed by atoms with Crippen LogP contribution in [-0.4, -0.2) is 38.2 Å². The first-order valence-corrected chi connectivity index (χ1v) is 16.5. The van der Waals surface area contributed by atoms with E-state index >= 15 is 0 Å². The quantitative estimate of drug-likeness (QED) is 0.275. The van der Waals surface area contributed by atoms with Gasteiger partial charge in [0, 0.05) is 19.1 Å². The number of carbonyl (C=O) groups is 1. The van der Waals surface area contributed by atoms with Crippen molar-refractivity contribution in [3.8, 4) is 0 Å². The topological polar surface area (TPSA) is 109 Å². The largest absolute Gasteiger partial charge is 0.427 e. The Morgan fingerprint density at radius 3 is 2.49 bits per heavy atom. The molecular weight excluding hydrogens is 540 g/mol. The highest BCUT2D eigenvalue weighted by Gasteiger charge is 2.35. The molecule has 0 bridgehead atoms. The van der Waals surface area contributed by atoms with Crippen molar-refractivity contribution in [2.75, 3.05) is 16.8 Å². The predicted octanol–water partition coefficient (Wildman–Crippen LogP) is 6.47. The van der Waals surface area contributed by atoms with Crippen molar-refractivity contribution in [2.45, 2.75) is 103 Å². The molecule has 230 valence electrons. The summed E-state index contributed by atoms with van der Waals surface area (Å²) in [5, 5.41) is 6.58. The van der Waals surface area contributed by atoms with E-state index < -0.39 is 12.3 Å². The Hall–Kier alpha value is -3.40. The highest BCUT2D eigenvalue weighted by molar-refractivity contribution is 5.86. The highest BCUT2D eigenvalue weighted by Crippen LogP contribution is 2.41. The molecule has 2 saturated heterocycles. The first-order chi connectivity index (χ1) is 20.9. The monoisotopic (exact) mass is 586 g/mol. The Labute approximate surface area is 254 Å². The first kappa shape index (κ1) is 28.4. The average Bonchev–Trinajstić information content (AvgIpc) is 3.57. The fraction of sp³-hybridized carbons (Fsp3) is 0.636. The van der Waals surface area contributed by atoms with Crippen LogP contribution in [0.15, 0.2) is 30.3 Å². The summed E-state index contributed by atoms with van der Waals surface area (Å²) in [6.45, 7) is 8.86. The molecule has 7 rings (SSSR count). The maximum atomic E-state index is 11.9. The minimum Gasteiger partial charge on any atom is -0.365 e. The predicted molar refractivity (Wildman–Crippen MR) is 167 cm³/mol. The van der Waals surface area contributed by atoms with Gasteiger partial charge in [-0.15, -0.1) is 5.48 Å². The molecule has 0 radical (unpaired) electrons. The van der Waals surface area contributed by atoms with Crippen molar-refractivity contribution in [1.29, 1.82) is 0 Å². The minimum absolute atomic E-state index is 0.244. The number of rotatable bonds is 8. The molecule has 10 heteroatoms. The van der Waals surface area contributed by atoms with Crippen LogP contribution in [0.2, 0.25) is 0 Å². The normalized spacial score (nSPS) is 28.8. The van der Waals surface area contributed by atoms with E-state index in [4.69, 9.17) is 19.8 Å². The zero-order valence-corrected chi connectivity index (χ0v) is 25.8. The summed E-state index contributed by atoms with van der Waals surface area (Å²) in [7, 11) is 0. The van der Waals surface area contributed by atoms with Crippen LogP contribution in [0, 0.1) is 23.7 Å². The van der Waals surface area contributed by atoms with Crippen molar-refractivity contribution >= 4 is 29.0 Å². The molecule has 2 aliphatic carbocycles. The summed E-state index contributed by atoms with van der Waals surface area (Å²) >= 11 is 0. The Bertz CT molecular complexity index is 1430. The van der Waals surface area contributed by atoms with E-state index in [0.717, 1.165) is 49.1 Å². The van der Waals surface area contributed by atoms with E-state index in [9.17, 15) is 4.79 Å². The van der Waals surface area contributed by atoms with Gasteiger partial charge in [-0.1, -0.05) is 63.4 Å². The number of anilines is 2. The minimum atomic E-state index is -0.627. The number of nitrogens with one attached hydrogen (secondary N) is 3. The highest BCUT2D eigenvalue weighted by atomic mass is 16.7. The second-order valence-electron chi connectivity index (χ2n) is 13.7. The molecule has 3 aromatic rings. The smallest absolute Gasteiger partial charge is 0.365 e. The van der Waals surface area contributed by atoms with Gasteiger partial charge in [-0.3, -0.25) is 5.32 Å². The molecule has 4 heterocycles. The summed E-state index contributed by atoms with van der Waals surface area (Å²) in [5.41, 5.74) is 5.71. The van der Waals surface area contributed by atoms with Gasteiger partial charge in [0.2, 0.25) is 5.95 Å². The molecule has 4 fully saturated rings. The summed E-state index contributed by atoms with van der Waals surface area (Å²) in [4.78, 5) is 34.8. The van der Waals surface area contributed by atoms with Crippen LogP contribution in [-0.2, 0) is 11.4 Å². The van der Waals surface area contributed by atoms with E-state index in [1.54, 1.807) is 0 Å². The van der Waals surface area contributed by atoms with Crippen LogP contribution in [0.4, 0.5) is 16.6 Å². The summed E-state index contributed by atoms with van der Waals surface area (Å²) in [6.07, 6.45) is 9.83. The number of carbonyl (C=O) groups excluding carboxylic acids is 1. The molecule has 1 amide bonds. The summed E-state index contributed by atoms with van der Waals surface area (Å²) in [5.74, 6) is 4.89. The van der Waals surface area contributed by atoms with Crippen LogP contribution < -0.4 is 21.0 Å². The molecule has 10 nitrogen and oxygen atoms in total. The number of imidazole rings is 1. The summed E-state index contributed by atoms with van der Waals surface area (Å²) in [6, 6.07) is 11.4. The molecular formula is C33H46N8O2. The van der Waals surface area contributed by atoms with Gasteiger partial charge in [-0.05, 0) is 74.7 Å². The third-order valence-corrected chi connectivity index (χ3v) is 10.5. The van der Waals surface area contributed by atoms with Crippen molar-refractivity contribution in [3.63, 3.8) is 0 Å². The standard InChI is InChI=1S/C33H46N8O2/c1-20-12-14-23(15-13-20)19-41-27-28(34-22(3)24-10-7-11-24)35-30(31-38-33(42)43-39-31)36-29(27)37-32(41)40-17-16-21(2)18-26(40)25-8-5-4-6-9-25/h4-6,8-9,20-24,26,31,39H,7,10-19H2,1-3H3,(H,38,42)(H,34,35,36)/t20?,21?,22-,23?,26?,31?/m1/s1. The number of benzene rings is 1. The lowest BCUT2D eigenvalue weighted by Crippen LogP contribution is -2.38. The van der Waals surface area contributed by atoms with Crippen LogP contribution in [0.1, 0.15) is 102 Å². The molecule has 4 aliphatic rings. The summed E-state index contributed by atoms with van der Waals surface area (Å²) < 4.78 is 2.44. The molecule has 43 heavy (non-hydrogen) atoms. The third-order valence-electron chi connectivity index (χ3n) is 10.5. The van der Waals surface area contributed by atoms with Gasteiger partial charge in [0.1, 0.15) is 5.52 Å². The second-order valence-corrected chi connectivity index (χ2v) is 13.7. The molecule has 0 spiro atoms. The number of hydroxylamine groups is 1. The fourth-order valence-corrected chi connectivity index (χ4v) is 7.49. The molecule has 4 atom stereocenters. The Morgan fingerprint density at radius 1 is 1.00 bits per heavy atom. The van der Waals surface area contributed by atoms with Crippen LogP contribution in [0.5, 0.6) is 0 Å². The molecule has 3 unspecified atom stereocenters. The Kier molecular flexibility index (Phi) is 7.88. The lowest BCUT2D eigenvalue weighted by Gasteiger charge is -2.40. The van der Waals surface area contributed by atoms with Crippen LogP contribution in [0.25, 0.3) is 11.2 Å². The SMILES string of the molecule is CC1CCC(Cn2c(N3CCC(C)CC3c3ccccc3)nc3nc(C4NOC(=O)N4)nc(N[C@H](C)C4CCC4)c32)CC1. The van der Waals surface area contributed by atoms with E-state index in [0.29, 0.717) is 29.2 Å². The molecule has 2 saturated carbocycles. The van der Waals surface area contributed by atoms with Gasteiger partial charge in [0.25, 0.3) is 0 Å². The molecule has 2 aliphatic heterocycles. The zero-order chi connectivity index (χ0) is 29.5. The lowest BCUT2D eigenvalue weighted by atomic mass is 9.80. The van der Waals surface area contributed by atoms with Gasteiger partial charge in [-0.25, -0.2) is 14.8 Å². The van der Waals surface area contributed by atoms with Gasteiger partial charge in [-0.2, -0.15) is 4.98 Å². The van der Waals surface area contributed by atoms with Crippen molar-refractivity contribution < 1.29 is 9.63 Å². The van der Waals surface area contributed by atoms with E-state index in [-0.39, 0.29) is 12.1 Å². The number of amides is 1. The van der Waals surface area contributed by atoms with Gasteiger partial charge in [0.05, 0.1) is 6.04 Å². The van der Waals surface area contributed by atoms with Crippen molar-refractivity contribution in [2.24, 2.45) is 23.7 Å². The fourth-order valence-electron chi connectivity index (χ4n) is 7.49. The van der Waals surface area contributed by atoms with Crippen LogP contribution >= 0.6 is 0 Å². The number of piperidine rings is 1.